The predicted octanol–water partition coefficient (Wildman–Crippen LogP) is 4.04. The summed E-state index contributed by atoms with van der Waals surface area (Å²) in [5, 5.41) is 0. The summed E-state index contributed by atoms with van der Waals surface area (Å²) in [6.07, 6.45) is -12.3. The van der Waals surface area contributed by atoms with Crippen molar-refractivity contribution in [2.45, 2.75) is 24.1 Å². The first-order valence-electron chi connectivity index (χ1n) is 9.84. The molecule has 0 saturated heterocycles. The third kappa shape index (κ3) is 5.15. The van der Waals surface area contributed by atoms with Crippen LogP contribution >= 0.6 is 0 Å². The maximum atomic E-state index is 12.8. The van der Waals surface area contributed by atoms with Crippen molar-refractivity contribution in [1.82, 2.24) is 0 Å². The molecule has 32 heavy (non-hydrogen) atoms. The van der Waals surface area contributed by atoms with Crippen molar-refractivity contribution in [3.63, 3.8) is 0 Å². The molecule has 1 heterocycles. The molecule has 1 unspecified atom stereocenters. The van der Waals surface area contributed by atoms with Gasteiger partial charge in [-0.15, -0.1) is 0 Å². The fraction of sp³-hybridized carbons (Fsp3) is 0.211. The summed E-state index contributed by atoms with van der Waals surface area (Å²) in [5.41, 5.74) is -1.60. The van der Waals surface area contributed by atoms with Gasteiger partial charge in [0.05, 0.1) is 15.2 Å². The predicted molar refractivity (Wildman–Crippen MR) is 96.6 cm³/mol. The minimum Gasteiger partial charge on any atom is -0.460 e. The van der Waals surface area contributed by atoms with Crippen molar-refractivity contribution in [2.75, 3.05) is 0 Å². The van der Waals surface area contributed by atoms with E-state index in [2.05, 4.69) is 4.18 Å². The lowest BCUT2D eigenvalue weighted by atomic mass is 10.0. The molecule has 1 atom stereocenters. The summed E-state index contributed by atoms with van der Waals surface area (Å²) in [6.45, 7) is 0. The summed E-state index contributed by atoms with van der Waals surface area (Å²) in [6, 6.07) is 4.48. The summed E-state index contributed by atoms with van der Waals surface area (Å²) in [5.74, 6) is -3.96. The van der Waals surface area contributed by atoms with Gasteiger partial charge in [0.15, 0.2) is 6.08 Å². The van der Waals surface area contributed by atoms with Gasteiger partial charge in [0, 0.05) is 5.56 Å². The van der Waals surface area contributed by atoms with Crippen molar-refractivity contribution in [1.29, 1.82) is 0 Å². The van der Waals surface area contributed by atoms with E-state index >= 15 is 0 Å². The highest BCUT2D eigenvalue weighted by Gasteiger charge is 2.40. The number of Topliss-reactive ketones (excluding diaryl/α,β-unsaturated/α-hetero) is 1. The quantitative estimate of drug-likeness (QED) is 0.509. The van der Waals surface area contributed by atoms with Crippen LogP contribution in [0, 0.1) is 0 Å². The molecule has 0 aliphatic carbocycles. The number of ketones is 1. The molecule has 2 aromatic rings. The van der Waals surface area contributed by atoms with E-state index in [-0.39, 0.29) is 0 Å². The lowest BCUT2D eigenvalue weighted by Crippen LogP contribution is -2.16. The van der Waals surface area contributed by atoms with E-state index < -0.39 is 73.9 Å². The first-order valence-corrected chi connectivity index (χ1v) is 9.74. The van der Waals surface area contributed by atoms with Crippen LogP contribution < -0.4 is 5.73 Å². The highest BCUT2D eigenvalue weighted by Crippen LogP contribution is 2.35. The Morgan fingerprint density at radius 3 is 1.91 bits per heavy atom. The van der Waals surface area contributed by atoms with Gasteiger partial charge in [0.25, 0.3) is 0 Å². The van der Waals surface area contributed by atoms with Crippen molar-refractivity contribution in [2.24, 2.45) is 5.73 Å². The molecular weight excluding hydrogens is 468 g/mol. The molecule has 1 aliphatic heterocycles. The summed E-state index contributed by atoms with van der Waals surface area (Å²) in [7, 11) is -5.49. The lowest BCUT2D eigenvalue weighted by molar-refractivity contribution is -0.138. The van der Waals surface area contributed by atoms with Gasteiger partial charge in [0.2, 0.25) is 17.4 Å². The van der Waals surface area contributed by atoms with Gasteiger partial charge < -0.3 is 14.7 Å². The van der Waals surface area contributed by atoms with Crippen LogP contribution in [0.1, 0.15) is 32.4 Å². The van der Waals surface area contributed by atoms with Crippen LogP contribution in [0.4, 0.5) is 26.3 Å². The standard InChI is InChI=1S/C19H13F6NO5S/c20-18(21,22)12-5-1-10(2-6-12)9-32(28,29)31-16-14(27)15(30-17(16)26)11-3-7-13(8-4-11)19(23,24)25/h1-8,15H,9,26H2/i9D2,15D. The monoisotopic (exact) mass is 484 g/mol. The smallest absolute Gasteiger partial charge is 0.416 e. The number of ether oxygens (including phenoxy) is 1. The van der Waals surface area contributed by atoms with E-state index in [1.807, 2.05) is 0 Å². The highest BCUT2D eigenvalue weighted by atomic mass is 32.2. The van der Waals surface area contributed by atoms with Gasteiger partial charge in [-0.05, 0) is 29.8 Å². The van der Waals surface area contributed by atoms with Crippen LogP contribution in [0.15, 0.2) is 60.2 Å². The minimum atomic E-state index is -5.49. The maximum absolute atomic E-state index is 12.8. The van der Waals surface area contributed by atoms with Gasteiger partial charge in [-0.25, -0.2) is 0 Å². The summed E-state index contributed by atoms with van der Waals surface area (Å²) < 4.78 is 135. The second kappa shape index (κ2) is 8.04. The molecule has 0 radical (unpaired) electrons. The average molecular weight is 484 g/mol. The van der Waals surface area contributed by atoms with Crippen LogP contribution in [0.3, 0.4) is 0 Å². The molecular formula is C19H13F6NO5S. The van der Waals surface area contributed by atoms with Gasteiger partial charge in [0.1, 0.15) is 5.70 Å². The Balaban J connectivity index is 1.89. The Kier molecular flexibility index (Phi) is 4.89. The first kappa shape index (κ1) is 19.5. The number of carbonyl (C=O) groups is 1. The Labute approximate surface area is 181 Å². The van der Waals surface area contributed by atoms with E-state index in [1.165, 1.54) is 0 Å². The number of nitrogens with two attached hydrogens (primary N) is 1. The molecule has 2 N–H and O–H groups in total. The van der Waals surface area contributed by atoms with E-state index in [0.717, 1.165) is 12.1 Å². The molecule has 0 spiro atoms. The summed E-state index contributed by atoms with van der Waals surface area (Å²) in [4.78, 5) is 12.7. The summed E-state index contributed by atoms with van der Waals surface area (Å²) >= 11 is 0. The van der Waals surface area contributed by atoms with Crippen LogP contribution in [0.25, 0.3) is 0 Å². The fourth-order valence-electron chi connectivity index (χ4n) is 2.50. The molecule has 0 fully saturated rings. The molecule has 13 heteroatoms. The number of alkyl halides is 6. The third-order valence-electron chi connectivity index (χ3n) is 3.97. The molecule has 0 saturated carbocycles. The number of hydrogen-bond acceptors (Lipinski definition) is 6. The Morgan fingerprint density at radius 2 is 1.44 bits per heavy atom. The van der Waals surface area contributed by atoms with Gasteiger partial charge in [-0.2, -0.15) is 34.8 Å². The van der Waals surface area contributed by atoms with Crippen molar-refractivity contribution in [3.05, 3.63) is 82.4 Å². The Morgan fingerprint density at radius 1 is 0.969 bits per heavy atom. The van der Waals surface area contributed by atoms with E-state index in [1.54, 1.807) is 0 Å². The minimum absolute atomic E-state index is 0.430. The molecule has 3 rings (SSSR count). The highest BCUT2D eigenvalue weighted by molar-refractivity contribution is 7.86. The number of carbonyl (C=O) groups excluding carboxylic acids is 1. The molecule has 1 aliphatic rings. The Bertz CT molecular complexity index is 1290. The lowest BCUT2D eigenvalue weighted by Gasteiger charge is -2.12. The van der Waals surface area contributed by atoms with Crippen molar-refractivity contribution < 1.29 is 52.6 Å². The molecule has 2 aromatic carbocycles. The topological polar surface area (TPSA) is 95.7 Å². The van der Waals surface area contributed by atoms with Crippen LogP contribution in [0.5, 0.6) is 0 Å². The maximum Gasteiger partial charge on any atom is 0.416 e. The van der Waals surface area contributed by atoms with Crippen LogP contribution in [0.2, 0.25) is 0 Å². The van der Waals surface area contributed by atoms with Crippen LogP contribution in [-0.2, 0) is 41.9 Å². The van der Waals surface area contributed by atoms with Gasteiger partial charge in [-0.3, -0.25) is 4.79 Å². The second-order valence-electron chi connectivity index (χ2n) is 6.24. The number of benzene rings is 2. The van der Waals surface area contributed by atoms with E-state index in [0.29, 0.717) is 36.4 Å². The zero-order chi connectivity index (χ0) is 26.6. The first-order chi connectivity index (χ1) is 15.8. The third-order valence-corrected chi connectivity index (χ3v) is 4.84. The average Bonchev–Trinajstić information content (AvgIpc) is 2.96. The fourth-order valence-corrected chi connectivity index (χ4v) is 3.34. The number of halogens is 6. The van der Waals surface area contributed by atoms with Gasteiger partial charge >= 0.3 is 22.5 Å². The Hall–Kier alpha value is -3.22. The molecule has 6 nitrogen and oxygen atoms in total. The SMILES string of the molecule is [2H]C1(c2ccc(C(F)(F)F)cc2)OC(N)=C(OS(=O)(=O)C([2H])([2H])c2ccc(C(F)(F)F)cc2)C1=O. The van der Waals surface area contributed by atoms with Crippen molar-refractivity contribution in [3.8, 4) is 0 Å². The van der Waals surface area contributed by atoms with E-state index in [9.17, 15) is 39.6 Å². The largest absolute Gasteiger partial charge is 0.460 e. The number of hydrogen-bond donors (Lipinski definition) is 1. The van der Waals surface area contributed by atoms with E-state index in [4.69, 9.17) is 14.6 Å². The zero-order valence-corrected chi connectivity index (χ0v) is 16.2. The molecule has 0 amide bonds. The van der Waals surface area contributed by atoms with Crippen LogP contribution in [-0.4, -0.2) is 14.2 Å². The number of rotatable bonds is 5. The second-order valence-corrected chi connectivity index (χ2v) is 7.52. The van der Waals surface area contributed by atoms with Gasteiger partial charge in [-0.1, -0.05) is 24.3 Å². The molecule has 0 aromatic heterocycles. The zero-order valence-electron chi connectivity index (χ0n) is 18.4. The normalized spacial score (nSPS) is 21.6. The molecule has 0 bridgehead atoms. The molecule has 172 valence electrons. The van der Waals surface area contributed by atoms with Crippen molar-refractivity contribution >= 4 is 15.9 Å².